The van der Waals surface area contributed by atoms with Gasteiger partial charge in [-0.25, -0.2) is 8.42 Å². The van der Waals surface area contributed by atoms with Crippen LogP contribution in [-0.2, 0) is 14.8 Å². The summed E-state index contributed by atoms with van der Waals surface area (Å²) >= 11 is 0. The third kappa shape index (κ3) is 4.89. The van der Waals surface area contributed by atoms with Crippen molar-refractivity contribution in [2.75, 3.05) is 36.6 Å². The molecule has 0 bridgehead atoms. The molecule has 0 spiro atoms. The molecular weight excluding hydrogens is 370 g/mol. The van der Waals surface area contributed by atoms with Gasteiger partial charge in [0.2, 0.25) is 15.9 Å². The summed E-state index contributed by atoms with van der Waals surface area (Å²) in [5.41, 5.74) is 0.745. The van der Waals surface area contributed by atoms with E-state index in [-0.39, 0.29) is 17.0 Å². The van der Waals surface area contributed by atoms with Gasteiger partial charge < -0.3 is 14.8 Å². The minimum Gasteiger partial charge on any atom is -0.497 e. The SMILES string of the molecule is COc1ccc(OC)c(N(CC(=O)Nc2ccccc2C#N)S(C)(=O)=O)c1. The second-order valence-corrected chi connectivity index (χ2v) is 7.42. The number of carbonyl (C=O) groups excluding carboxylic acids is 1. The maximum absolute atomic E-state index is 12.5. The molecule has 0 radical (unpaired) electrons. The number of methoxy groups -OCH3 is 2. The number of carbonyl (C=O) groups is 1. The van der Waals surface area contributed by atoms with Crippen LogP contribution in [0.5, 0.6) is 11.5 Å². The molecule has 0 aromatic heterocycles. The predicted molar refractivity (Wildman–Crippen MR) is 102 cm³/mol. The number of para-hydroxylation sites is 1. The Balaban J connectivity index is 2.36. The lowest BCUT2D eigenvalue weighted by Gasteiger charge is -2.24. The van der Waals surface area contributed by atoms with Crippen molar-refractivity contribution < 1.29 is 22.7 Å². The molecule has 0 fully saturated rings. The van der Waals surface area contributed by atoms with E-state index in [9.17, 15) is 13.2 Å². The molecule has 0 unspecified atom stereocenters. The van der Waals surface area contributed by atoms with E-state index < -0.39 is 22.5 Å². The van der Waals surface area contributed by atoms with Crippen molar-refractivity contribution in [1.82, 2.24) is 0 Å². The molecule has 9 heteroatoms. The second kappa shape index (κ2) is 8.42. The van der Waals surface area contributed by atoms with Crippen LogP contribution < -0.4 is 19.1 Å². The average Bonchev–Trinajstić information content (AvgIpc) is 2.65. The first kappa shape index (κ1) is 20.1. The highest BCUT2D eigenvalue weighted by atomic mass is 32.2. The fraction of sp³-hybridized carbons (Fsp3) is 0.222. The van der Waals surface area contributed by atoms with Gasteiger partial charge in [0.05, 0.1) is 37.4 Å². The predicted octanol–water partition coefficient (Wildman–Crippen LogP) is 1.98. The third-order valence-electron chi connectivity index (χ3n) is 3.66. The molecular formula is C18H19N3O5S. The van der Waals surface area contributed by atoms with Gasteiger partial charge in [0, 0.05) is 6.07 Å². The van der Waals surface area contributed by atoms with Crippen LogP contribution in [0.1, 0.15) is 5.56 Å². The van der Waals surface area contributed by atoms with E-state index in [0.717, 1.165) is 10.6 Å². The quantitative estimate of drug-likeness (QED) is 0.776. The largest absolute Gasteiger partial charge is 0.497 e. The first-order valence-corrected chi connectivity index (χ1v) is 9.63. The molecule has 142 valence electrons. The minimum atomic E-state index is -3.81. The highest BCUT2D eigenvalue weighted by Gasteiger charge is 2.25. The molecule has 0 saturated carbocycles. The van der Waals surface area contributed by atoms with Crippen LogP contribution in [0.15, 0.2) is 42.5 Å². The lowest BCUT2D eigenvalue weighted by molar-refractivity contribution is -0.114. The Morgan fingerprint density at radius 2 is 1.89 bits per heavy atom. The van der Waals surface area contributed by atoms with Crippen molar-refractivity contribution in [2.24, 2.45) is 0 Å². The molecule has 8 nitrogen and oxygen atoms in total. The lowest BCUT2D eigenvalue weighted by Crippen LogP contribution is -2.37. The summed E-state index contributed by atoms with van der Waals surface area (Å²) in [6, 6.07) is 13.0. The fourth-order valence-corrected chi connectivity index (χ4v) is 3.23. The maximum Gasteiger partial charge on any atom is 0.245 e. The Morgan fingerprint density at radius 3 is 2.48 bits per heavy atom. The van der Waals surface area contributed by atoms with Crippen molar-refractivity contribution in [3.63, 3.8) is 0 Å². The highest BCUT2D eigenvalue weighted by Crippen LogP contribution is 2.33. The number of ether oxygens (including phenoxy) is 2. The zero-order valence-corrected chi connectivity index (χ0v) is 15.9. The van der Waals surface area contributed by atoms with Gasteiger partial charge in [-0.1, -0.05) is 12.1 Å². The Morgan fingerprint density at radius 1 is 1.19 bits per heavy atom. The summed E-state index contributed by atoms with van der Waals surface area (Å²) in [5, 5.41) is 11.7. The molecule has 2 rings (SSSR count). The number of nitrogens with zero attached hydrogens (tertiary/aromatic N) is 2. The number of nitriles is 1. The maximum atomic E-state index is 12.5. The van der Waals surface area contributed by atoms with Crippen LogP contribution in [0.25, 0.3) is 0 Å². The van der Waals surface area contributed by atoms with Crippen molar-refractivity contribution in [3.8, 4) is 17.6 Å². The van der Waals surface area contributed by atoms with Crippen LogP contribution in [-0.4, -0.2) is 41.3 Å². The van der Waals surface area contributed by atoms with E-state index in [2.05, 4.69) is 5.32 Å². The molecule has 0 saturated heterocycles. The van der Waals surface area contributed by atoms with Crippen molar-refractivity contribution >= 4 is 27.3 Å². The summed E-state index contributed by atoms with van der Waals surface area (Å²) in [5.74, 6) is 0.0779. The van der Waals surface area contributed by atoms with Crippen LogP contribution in [0.4, 0.5) is 11.4 Å². The van der Waals surface area contributed by atoms with Crippen molar-refractivity contribution in [3.05, 3.63) is 48.0 Å². The van der Waals surface area contributed by atoms with Gasteiger partial charge in [-0.3, -0.25) is 9.10 Å². The molecule has 0 aliphatic rings. The Hall–Kier alpha value is -3.25. The summed E-state index contributed by atoms with van der Waals surface area (Å²) < 4.78 is 35.9. The fourth-order valence-electron chi connectivity index (χ4n) is 2.38. The van der Waals surface area contributed by atoms with Gasteiger partial charge in [-0.15, -0.1) is 0 Å². The number of hydrogen-bond donors (Lipinski definition) is 1. The van der Waals surface area contributed by atoms with Gasteiger partial charge in [0.15, 0.2) is 0 Å². The van der Waals surface area contributed by atoms with E-state index in [1.165, 1.54) is 20.3 Å². The normalized spacial score (nSPS) is 10.6. The van der Waals surface area contributed by atoms with Crippen molar-refractivity contribution in [1.29, 1.82) is 5.26 Å². The number of hydrogen-bond acceptors (Lipinski definition) is 6. The highest BCUT2D eigenvalue weighted by molar-refractivity contribution is 7.92. The molecule has 1 amide bonds. The monoisotopic (exact) mass is 389 g/mol. The Bertz CT molecular complexity index is 983. The summed E-state index contributed by atoms with van der Waals surface area (Å²) in [6.07, 6.45) is 0.989. The minimum absolute atomic E-state index is 0.170. The first-order chi connectivity index (χ1) is 12.8. The summed E-state index contributed by atoms with van der Waals surface area (Å²) in [7, 11) is -0.962. The van der Waals surface area contributed by atoms with Crippen LogP contribution in [0.3, 0.4) is 0 Å². The standard InChI is InChI=1S/C18H19N3O5S/c1-25-14-8-9-17(26-2)16(10-14)21(27(3,23)24)12-18(22)20-15-7-5-4-6-13(15)11-19/h4-10H,12H2,1-3H3,(H,20,22). The van der Waals surface area contributed by atoms with E-state index >= 15 is 0 Å². The van der Waals surface area contributed by atoms with Crippen LogP contribution >= 0.6 is 0 Å². The van der Waals surface area contributed by atoms with E-state index in [0.29, 0.717) is 11.4 Å². The molecule has 0 heterocycles. The number of sulfonamides is 1. The summed E-state index contributed by atoms with van der Waals surface area (Å²) in [6.45, 7) is -0.498. The smallest absolute Gasteiger partial charge is 0.245 e. The molecule has 1 N–H and O–H groups in total. The molecule has 0 atom stereocenters. The topological polar surface area (TPSA) is 109 Å². The van der Waals surface area contributed by atoms with Crippen molar-refractivity contribution in [2.45, 2.75) is 0 Å². The number of amides is 1. The molecule has 0 aliphatic heterocycles. The van der Waals surface area contributed by atoms with Crippen LogP contribution in [0.2, 0.25) is 0 Å². The number of anilines is 2. The lowest BCUT2D eigenvalue weighted by atomic mass is 10.2. The van der Waals surface area contributed by atoms with Gasteiger partial charge in [0.25, 0.3) is 0 Å². The molecule has 0 aliphatic carbocycles. The molecule has 2 aromatic rings. The first-order valence-electron chi connectivity index (χ1n) is 7.79. The van der Waals surface area contributed by atoms with Gasteiger partial charge in [-0.2, -0.15) is 5.26 Å². The van der Waals surface area contributed by atoms with Gasteiger partial charge in [-0.05, 0) is 24.3 Å². The zero-order valence-electron chi connectivity index (χ0n) is 15.1. The van der Waals surface area contributed by atoms with Gasteiger partial charge in [0.1, 0.15) is 24.1 Å². The Kier molecular flexibility index (Phi) is 6.26. The molecule has 27 heavy (non-hydrogen) atoms. The van der Waals surface area contributed by atoms with Crippen LogP contribution in [0, 0.1) is 11.3 Å². The molecule has 2 aromatic carbocycles. The zero-order chi connectivity index (χ0) is 20.0. The Labute approximate surface area is 158 Å². The van der Waals surface area contributed by atoms with E-state index in [1.54, 1.807) is 36.4 Å². The average molecular weight is 389 g/mol. The number of rotatable bonds is 7. The van der Waals surface area contributed by atoms with Gasteiger partial charge >= 0.3 is 0 Å². The van der Waals surface area contributed by atoms with E-state index in [1.807, 2.05) is 6.07 Å². The third-order valence-corrected chi connectivity index (χ3v) is 4.79. The second-order valence-electron chi connectivity index (χ2n) is 5.51. The summed E-state index contributed by atoms with van der Waals surface area (Å²) in [4.78, 5) is 12.5. The number of nitrogens with one attached hydrogen (secondary N) is 1. The van der Waals surface area contributed by atoms with E-state index in [4.69, 9.17) is 14.7 Å². The number of benzene rings is 2.